The summed E-state index contributed by atoms with van der Waals surface area (Å²) in [4.78, 5) is 27.6. The van der Waals surface area contributed by atoms with E-state index in [4.69, 9.17) is 14.9 Å². The number of hydrogen-bond acceptors (Lipinski definition) is 5. The van der Waals surface area contributed by atoms with E-state index in [1.807, 2.05) is 12.3 Å². The number of alkyl halides is 3. The minimum absolute atomic E-state index is 0.0713. The maximum absolute atomic E-state index is 11.8. The molecule has 3 N–H and O–H groups in total. The van der Waals surface area contributed by atoms with Gasteiger partial charge in [0, 0.05) is 23.2 Å². The van der Waals surface area contributed by atoms with Gasteiger partial charge < -0.3 is 25.4 Å². The summed E-state index contributed by atoms with van der Waals surface area (Å²) in [7, 11) is 2.07. The number of hydrogen-bond donors (Lipinski definition) is 2. The van der Waals surface area contributed by atoms with Gasteiger partial charge in [-0.3, -0.25) is 9.79 Å². The molecule has 0 aliphatic carbocycles. The number of halogens is 3. The maximum atomic E-state index is 11.8. The van der Waals surface area contributed by atoms with Gasteiger partial charge >= 0.3 is 6.18 Å². The van der Waals surface area contributed by atoms with Crippen molar-refractivity contribution >= 4 is 23.8 Å². The van der Waals surface area contributed by atoms with E-state index in [1.54, 1.807) is 0 Å². The van der Waals surface area contributed by atoms with E-state index in [2.05, 4.69) is 46.8 Å². The van der Waals surface area contributed by atoms with Crippen molar-refractivity contribution in [2.24, 2.45) is 4.99 Å². The Labute approximate surface area is 171 Å². The summed E-state index contributed by atoms with van der Waals surface area (Å²) in [5, 5.41) is 14.0. The molecular formula is C20H21F3N4O3. The molecule has 0 bridgehead atoms. The minimum Gasteiger partial charge on any atom is -0.542 e. The molecular weight excluding hydrogens is 401 g/mol. The van der Waals surface area contributed by atoms with E-state index >= 15 is 0 Å². The maximum Gasteiger partial charge on any atom is 0.430 e. The Balaban J connectivity index is 0.000000318. The summed E-state index contributed by atoms with van der Waals surface area (Å²) in [6.07, 6.45) is 1.06. The molecule has 0 radical (unpaired) electrons. The number of amides is 1. The fourth-order valence-electron chi connectivity index (χ4n) is 3.55. The van der Waals surface area contributed by atoms with Crippen molar-refractivity contribution in [1.82, 2.24) is 10.2 Å². The summed E-state index contributed by atoms with van der Waals surface area (Å²) < 4.78 is 31.5. The number of nitrogens with zero attached hydrogens (tertiary/aromatic N) is 2. The van der Waals surface area contributed by atoms with Gasteiger partial charge in [0.2, 0.25) is 5.91 Å². The van der Waals surface area contributed by atoms with Gasteiger partial charge in [-0.25, -0.2) is 0 Å². The molecule has 7 nitrogen and oxygen atoms in total. The third-order valence-electron chi connectivity index (χ3n) is 4.86. The van der Waals surface area contributed by atoms with Crippen molar-refractivity contribution in [3.8, 4) is 0 Å². The third-order valence-corrected chi connectivity index (χ3v) is 4.86. The van der Waals surface area contributed by atoms with Gasteiger partial charge in [0.1, 0.15) is 18.7 Å². The highest BCUT2D eigenvalue weighted by atomic mass is 19.4. The Bertz CT molecular complexity index is 920. The predicted octanol–water partition coefficient (Wildman–Crippen LogP) is 0.257. The third kappa shape index (κ3) is 4.70. The number of nitrogens with two attached hydrogens (primary N) is 1. The molecule has 1 aromatic rings. The zero-order valence-corrected chi connectivity index (χ0v) is 16.2. The van der Waals surface area contributed by atoms with Crippen LogP contribution in [0.1, 0.15) is 30.4 Å². The zero-order chi connectivity index (χ0) is 21.9. The average molecular weight is 422 g/mol. The highest BCUT2D eigenvalue weighted by molar-refractivity contribution is 5.91. The van der Waals surface area contributed by atoms with Gasteiger partial charge in [0.25, 0.3) is 0 Å². The first-order chi connectivity index (χ1) is 14.2. The molecule has 0 saturated carbocycles. The number of carboxylic acid groups (broad SMARTS) is 1. The van der Waals surface area contributed by atoms with Crippen molar-refractivity contribution in [1.29, 1.82) is 0 Å². The monoisotopic (exact) mass is 422 g/mol. The van der Waals surface area contributed by atoms with E-state index < -0.39 is 12.1 Å². The van der Waals surface area contributed by atoms with Crippen LogP contribution in [-0.4, -0.2) is 42.4 Å². The summed E-state index contributed by atoms with van der Waals surface area (Å²) >= 11 is 0. The minimum atomic E-state index is -5.19. The number of allylic oxidation sites excluding steroid dienone is 2. The van der Waals surface area contributed by atoms with Crippen LogP contribution < -0.4 is 15.7 Å². The van der Waals surface area contributed by atoms with E-state index in [9.17, 15) is 18.0 Å². The molecule has 0 aromatic heterocycles. The van der Waals surface area contributed by atoms with Crippen LogP contribution in [-0.2, 0) is 16.1 Å². The molecule has 1 saturated heterocycles. The Morgan fingerprint density at radius 1 is 1.33 bits per heavy atom. The number of carbonyl (C=O) groups excluding carboxylic acids is 2. The van der Waals surface area contributed by atoms with Gasteiger partial charge in [0.15, 0.2) is 0 Å². The molecule has 4 rings (SSSR count). The molecule has 160 valence electrons. The number of benzene rings is 1. The van der Waals surface area contributed by atoms with E-state index in [-0.39, 0.29) is 12.1 Å². The van der Waals surface area contributed by atoms with Crippen molar-refractivity contribution in [3.05, 3.63) is 52.9 Å². The van der Waals surface area contributed by atoms with Crippen LogP contribution in [0.5, 0.6) is 0 Å². The second-order valence-corrected chi connectivity index (χ2v) is 6.97. The highest BCUT2D eigenvalue weighted by Gasteiger charge is 2.36. The normalized spacial score (nSPS) is 20.0. The lowest BCUT2D eigenvalue weighted by Gasteiger charge is -2.30. The van der Waals surface area contributed by atoms with Crippen molar-refractivity contribution in [3.63, 3.8) is 0 Å². The molecule has 1 aromatic carbocycles. The molecule has 1 amide bonds. The molecule has 1 fully saturated rings. The fraction of sp³-hybridized carbons (Fsp3) is 0.350. The Morgan fingerprint density at radius 2 is 2.00 bits per heavy atom. The SMILES string of the molecule is C[NH2+]Cc1ccc(C2=C3CCC4NC(=O)CC=C(C=N2)N34)cc1.O=C([O-])C(F)(F)F. The van der Waals surface area contributed by atoms with Crippen LogP contribution in [0.4, 0.5) is 13.2 Å². The number of carbonyl (C=O) groups is 2. The topological polar surface area (TPSA) is 101 Å². The molecule has 0 spiro atoms. The van der Waals surface area contributed by atoms with Crippen LogP contribution in [0.2, 0.25) is 0 Å². The Kier molecular flexibility index (Phi) is 6.25. The summed E-state index contributed by atoms with van der Waals surface area (Å²) in [5.74, 6) is -2.92. The molecule has 10 heteroatoms. The summed E-state index contributed by atoms with van der Waals surface area (Å²) in [6, 6.07) is 8.63. The number of aliphatic imine (C=N–C) groups is 1. The van der Waals surface area contributed by atoms with E-state index in [0.29, 0.717) is 6.42 Å². The summed E-state index contributed by atoms with van der Waals surface area (Å²) in [6.45, 7) is 0.989. The first-order valence-electron chi connectivity index (χ1n) is 9.42. The molecule has 3 aliphatic heterocycles. The first-order valence-corrected chi connectivity index (χ1v) is 9.42. The molecule has 1 unspecified atom stereocenters. The van der Waals surface area contributed by atoms with Gasteiger partial charge in [-0.15, -0.1) is 0 Å². The molecule has 3 heterocycles. The Morgan fingerprint density at radius 3 is 2.60 bits per heavy atom. The fourth-order valence-corrected chi connectivity index (χ4v) is 3.55. The largest absolute Gasteiger partial charge is 0.542 e. The van der Waals surface area contributed by atoms with Crippen LogP contribution in [0, 0.1) is 0 Å². The van der Waals surface area contributed by atoms with Gasteiger partial charge in [-0.2, -0.15) is 13.2 Å². The van der Waals surface area contributed by atoms with E-state index in [0.717, 1.165) is 36.3 Å². The van der Waals surface area contributed by atoms with Crippen molar-refractivity contribution in [2.75, 3.05) is 7.05 Å². The number of nitrogens with one attached hydrogen (secondary N) is 1. The van der Waals surface area contributed by atoms with Gasteiger partial charge in [-0.05, 0) is 18.9 Å². The number of carboxylic acids is 1. The molecule has 3 aliphatic rings. The van der Waals surface area contributed by atoms with Gasteiger partial charge in [0.05, 0.1) is 24.7 Å². The lowest BCUT2D eigenvalue weighted by molar-refractivity contribution is -0.643. The van der Waals surface area contributed by atoms with Crippen LogP contribution in [0.15, 0.2) is 46.7 Å². The van der Waals surface area contributed by atoms with Crippen molar-refractivity contribution < 1.29 is 33.2 Å². The van der Waals surface area contributed by atoms with Crippen LogP contribution >= 0.6 is 0 Å². The van der Waals surface area contributed by atoms with Crippen LogP contribution in [0.3, 0.4) is 0 Å². The first kappa shape index (κ1) is 21.6. The second-order valence-electron chi connectivity index (χ2n) is 6.97. The van der Waals surface area contributed by atoms with Crippen molar-refractivity contribution in [2.45, 2.75) is 38.1 Å². The highest BCUT2D eigenvalue weighted by Crippen LogP contribution is 2.39. The number of aliphatic carboxylic acids is 1. The predicted molar refractivity (Wildman–Crippen MR) is 100 cm³/mol. The number of quaternary nitrogens is 1. The molecule has 30 heavy (non-hydrogen) atoms. The van der Waals surface area contributed by atoms with Crippen LogP contribution in [0.25, 0.3) is 5.70 Å². The lowest BCUT2D eigenvalue weighted by Crippen LogP contribution is -2.77. The van der Waals surface area contributed by atoms with E-state index in [1.165, 1.54) is 11.3 Å². The quantitative estimate of drug-likeness (QED) is 0.730. The summed E-state index contributed by atoms with van der Waals surface area (Å²) in [5.41, 5.74) is 5.76. The molecule has 1 atom stereocenters. The smallest absolute Gasteiger partial charge is 0.430 e. The lowest BCUT2D eigenvalue weighted by atomic mass is 10.1. The Hall–Kier alpha value is -3.14. The second kappa shape index (κ2) is 8.70. The zero-order valence-electron chi connectivity index (χ0n) is 16.2. The number of rotatable bonds is 3. The average Bonchev–Trinajstić information content (AvgIpc) is 3.03. The standard InChI is InChI=1S/C18H20N4O.C2HF3O2/c1-19-10-12-2-4-13(5-3-12)18-15-7-8-16-21-17(23)9-6-14(11-20-18)22(15)16;3-2(4,5)1(6)7/h2-6,11,16,19H,7-10H2,1H3,(H,21,23);(H,6,7). The van der Waals surface area contributed by atoms with Gasteiger partial charge in [-0.1, -0.05) is 24.3 Å².